The van der Waals surface area contributed by atoms with Crippen LogP contribution in [0.3, 0.4) is 0 Å². The molecule has 0 aliphatic carbocycles. The van der Waals surface area contributed by atoms with Crippen molar-refractivity contribution in [3.8, 4) is 0 Å². The molecule has 0 fully saturated rings. The lowest BCUT2D eigenvalue weighted by molar-refractivity contribution is -0.870. The summed E-state index contributed by atoms with van der Waals surface area (Å²) in [5, 5.41) is 14.0. The molecule has 0 aromatic carbocycles. The van der Waals surface area contributed by atoms with Gasteiger partial charge in [-0.05, 0) is 38.5 Å². The van der Waals surface area contributed by atoms with Crippen LogP contribution in [0.4, 0.5) is 0 Å². The Morgan fingerprint density at radius 1 is 0.548 bits per heavy atom. The van der Waals surface area contributed by atoms with Gasteiger partial charge in [0, 0.05) is 6.42 Å². The number of carbonyl (C=O) groups is 1. The normalized spacial score (nSPS) is 14.1. The van der Waals surface area contributed by atoms with Crippen LogP contribution in [0.25, 0.3) is 0 Å². The number of aliphatic hydroxyl groups is 1. The first-order valence-corrected chi connectivity index (χ1v) is 28.5. The topological polar surface area (TPSA) is 108 Å². The number of aliphatic hydroxyl groups excluding tert-OH is 1. The number of rotatable bonds is 50. The fourth-order valence-corrected chi connectivity index (χ4v) is 8.94. The second-order valence-electron chi connectivity index (χ2n) is 19.9. The average Bonchev–Trinajstić information content (AvgIpc) is 3.23. The summed E-state index contributed by atoms with van der Waals surface area (Å²) in [6, 6.07) is -0.797. The highest BCUT2D eigenvalue weighted by molar-refractivity contribution is 7.45. The fourth-order valence-electron chi connectivity index (χ4n) is 8.21. The molecule has 0 heterocycles. The molecular formula is C53H107N2O6P. The van der Waals surface area contributed by atoms with Gasteiger partial charge in [0.05, 0.1) is 39.9 Å². The van der Waals surface area contributed by atoms with Crippen molar-refractivity contribution in [1.82, 2.24) is 5.32 Å². The Kier molecular flexibility index (Phi) is 44.8. The Balaban J connectivity index is 4.18. The quantitative estimate of drug-likeness (QED) is 0.0272. The van der Waals surface area contributed by atoms with Gasteiger partial charge in [-0.25, -0.2) is 0 Å². The molecule has 2 N–H and O–H groups in total. The Hall–Kier alpha value is -0.760. The molecule has 370 valence electrons. The average molecular weight is 899 g/mol. The van der Waals surface area contributed by atoms with Crippen LogP contribution in [0.5, 0.6) is 0 Å². The second kappa shape index (κ2) is 45.4. The number of nitrogens with one attached hydrogen (secondary N) is 1. The summed E-state index contributed by atoms with van der Waals surface area (Å²) in [6.07, 6.45) is 53.7. The lowest BCUT2D eigenvalue weighted by atomic mass is 10.0. The smallest absolute Gasteiger partial charge is 0.268 e. The van der Waals surface area contributed by atoms with Crippen molar-refractivity contribution in [2.75, 3.05) is 40.9 Å². The summed E-state index contributed by atoms with van der Waals surface area (Å²) in [5.74, 6) is -0.161. The van der Waals surface area contributed by atoms with Crippen LogP contribution in [0.1, 0.15) is 271 Å². The molecule has 0 aromatic heterocycles. The van der Waals surface area contributed by atoms with E-state index >= 15 is 0 Å². The number of nitrogens with zero attached hydrogens (tertiary/aromatic N) is 1. The minimum absolute atomic E-state index is 0.0145. The van der Waals surface area contributed by atoms with Crippen LogP contribution in [0, 0.1) is 0 Å². The van der Waals surface area contributed by atoms with Gasteiger partial charge in [-0.3, -0.25) is 9.36 Å². The summed E-state index contributed by atoms with van der Waals surface area (Å²) in [6.45, 7) is 4.76. The highest BCUT2D eigenvalue weighted by Crippen LogP contribution is 2.38. The van der Waals surface area contributed by atoms with E-state index in [0.717, 1.165) is 38.5 Å². The van der Waals surface area contributed by atoms with Gasteiger partial charge in [0.1, 0.15) is 13.2 Å². The molecule has 0 rings (SSSR count). The van der Waals surface area contributed by atoms with E-state index in [1.54, 1.807) is 0 Å². The van der Waals surface area contributed by atoms with E-state index in [1.807, 2.05) is 21.1 Å². The van der Waals surface area contributed by atoms with Crippen LogP contribution in [-0.2, 0) is 18.4 Å². The summed E-state index contributed by atoms with van der Waals surface area (Å²) in [4.78, 5) is 25.5. The number of phosphoric acid groups is 1. The fraction of sp³-hybridized carbons (Fsp3) is 0.943. The number of quaternary nitrogens is 1. The first kappa shape index (κ1) is 61.2. The second-order valence-corrected chi connectivity index (χ2v) is 21.4. The molecule has 0 aliphatic heterocycles. The van der Waals surface area contributed by atoms with Crippen molar-refractivity contribution < 1.29 is 32.9 Å². The zero-order valence-corrected chi connectivity index (χ0v) is 43.0. The van der Waals surface area contributed by atoms with Crippen molar-refractivity contribution in [3.05, 3.63) is 12.2 Å². The molecule has 0 spiro atoms. The Morgan fingerprint density at radius 3 is 1.26 bits per heavy atom. The molecule has 0 radical (unpaired) electrons. The number of hydrogen-bond donors (Lipinski definition) is 2. The van der Waals surface area contributed by atoms with Crippen molar-refractivity contribution in [2.45, 2.75) is 283 Å². The van der Waals surface area contributed by atoms with Crippen molar-refractivity contribution in [1.29, 1.82) is 0 Å². The molecule has 3 atom stereocenters. The maximum absolute atomic E-state index is 13.0. The van der Waals surface area contributed by atoms with E-state index in [0.29, 0.717) is 23.9 Å². The van der Waals surface area contributed by atoms with E-state index in [1.165, 1.54) is 205 Å². The molecule has 0 aromatic rings. The van der Waals surface area contributed by atoms with E-state index in [2.05, 4.69) is 31.3 Å². The predicted octanol–water partition coefficient (Wildman–Crippen LogP) is 15.2. The van der Waals surface area contributed by atoms with Crippen molar-refractivity contribution in [3.63, 3.8) is 0 Å². The number of carbonyl (C=O) groups excluding carboxylic acids is 1. The van der Waals surface area contributed by atoms with Crippen molar-refractivity contribution >= 4 is 13.7 Å². The lowest BCUT2D eigenvalue weighted by Crippen LogP contribution is -2.46. The number of likely N-dealkylation sites (N-methyl/N-ethyl adjacent to an activating group) is 1. The van der Waals surface area contributed by atoms with Crippen LogP contribution < -0.4 is 10.2 Å². The van der Waals surface area contributed by atoms with Crippen LogP contribution in [0.2, 0.25) is 0 Å². The van der Waals surface area contributed by atoms with E-state index in [-0.39, 0.29) is 19.1 Å². The SMILES string of the molecule is CCCCCCCCCC/C=C\CCCCCCCCCCCCCC(=O)NC(COP(=O)([O-])OCC[N+](C)(C)C)C(O)CCCCCCCCCCCCCCCCCCC. The van der Waals surface area contributed by atoms with Gasteiger partial charge < -0.3 is 28.8 Å². The number of amides is 1. The van der Waals surface area contributed by atoms with Crippen LogP contribution in [-0.4, -0.2) is 68.5 Å². The highest BCUT2D eigenvalue weighted by Gasteiger charge is 2.24. The first-order chi connectivity index (χ1) is 30.0. The number of unbranched alkanes of at least 4 members (excludes halogenated alkanes) is 35. The third-order valence-corrected chi connectivity index (χ3v) is 13.5. The van der Waals surface area contributed by atoms with Gasteiger partial charge in [0.25, 0.3) is 7.82 Å². The summed E-state index contributed by atoms with van der Waals surface area (Å²) < 4.78 is 23.4. The minimum atomic E-state index is -4.57. The number of phosphoric ester groups is 1. The molecular weight excluding hydrogens is 792 g/mol. The van der Waals surface area contributed by atoms with Crippen molar-refractivity contribution in [2.24, 2.45) is 0 Å². The predicted molar refractivity (Wildman–Crippen MR) is 266 cm³/mol. The Bertz CT molecular complexity index is 1020. The van der Waals surface area contributed by atoms with Gasteiger partial charge in [-0.2, -0.15) is 0 Å². The summed E-state index contributed by atoms with van der Waals surface area (Å²) in [7, 11) is 1.32. The molecule has 0 saturated heterocycles. The third-order valence-electron chi connectivity index (χ3n) is 12.5. The molecule has 8 nitrogen and oxygen atoms in total. The van der Waals surface area contributed by atoms with Crippen LogP contribution in [0.15, 0.2) is 12.2 Å². The summed E-state index contributed by atoms with van der Waals surface area (Å²) in [5.41, 5.74) is 0. The van der Waals surface area contributed by atoms with E-state index in [4.69, 9.17) is 9.05 Å². The largest absolute Gasteiger partial charge is 0.756 e. The zero-order chi connectivity index (χ0) is 45.7. The highest BCUT2D eigenvalue weighted by atomic mass is 31.2. The Morgan fingerprint density at radius 2 is 0.887 bits per heavy atom. The van der Waals surface area contributed by atoms with Crippen LogP contribution >= 0.6 is 7.82 Å². The lowest BCUT2D eigenvalue weighted by Gasteiger charge is -2.30. The third kappa shape index (κ3) is 47.2. The maximum atomic E-state index is 13.0. The molecule has 0 saturated carbocycles. The number of allylic oxidation sites excluding steroid dienone is 2. The maximum Gasteiger partial charge on any atom is 0.268 e. The molecule has 62 heavy (non-hydrogen) atoms. The van der Waals surface area contributed by atoms with Gasteiger partial charge >= 0.3 is 0 Å². The zero-order valence-electron chi connectivity index (χ0n) is 42.1. The molecule has 0 aliphatic rings. The van der Waals surface area contributed by atoms with Gasteiger partial charge in [-0.15, -0.1) is 0 Å². The van der Waals surface area contributed by atoms with Gasteiger partial charge in [0.15, 0.2) is 0 Å². The number of hydrogen-bond acceptors (Lipinski definition) is 6. The standard InChI is InChI=1S/C53H107N2O6P/c1-6-8-10-12-14-16-18-20-22-24-25-26-27-28-29-31-33-35-37-39-41-43-45-47-53(57)54-51(50-61-62(58,59)60-49-48-55(3,4)5)52(56)46-44-42-40-38-36-34-32-30-23-21-19-17-15-13-11-9-7-2/h24-25,51-52,56H,6-23,26-50H2,1-5H3,(H-,54,57,58,59)/b25-24-. The van der Waals surface area contributed by atoms with Gasteiger partial charge in [0.2, 0.25) is 5.91 Å². The van der Waals surface area contributed by atoms with Gasteiger partial charge in [-0.1, -0.05) is 238 Å². The molecule has 9 heteroatoms. The molecule has 3 unspecified atom stereocenters. The molecule has 0 bridgehead atoms. The van der Waals surface area contributed by atoms with E-state index in [9.17, 15) is 19.4 Å². The Labute approximate surface area is 386 Å². The minimum Gasteiger partial charge on any atom is -0.756 e. The summed E-state index contributed by atoms with van der Waals surface area (Å²) >= 11 is 0. The first-order valence-electron chi connectivity index (χ1n) is 27.0. The van der Waals surface area contributed by atoms with E-state index < -0.39 is 20.0 Å². The monoisotopic (exact) mass is 899 g/mol. The molecule has 1 amide bonds.